The topological polar surface area (TPSA) is 66.3 Å². The number of benzene rings is 1. The van der Waals surface area contributed by atoms with Gasteiger partial charge in [0.2, 0.25) is 5.91 Å². The van der Waals surface area contributed by atoms with Crippen molar-refractivity contribution in [1.82, 2.24) is 19.7 Å². The summed E-state index contributed by atoms with van der Waals surface area (Å²) in [6, 6.07) is 14.2. The van der Waals surface area contributed by atoms with Gasteiger partial charge in [0.1, 0.15) is 5.82 Å². The third-order valence-corrected chi connectivity index (χ3v) is 5.55. The summed E-state index contributed by atoms with van der Waals surface area (Å²) >= 11 is 0. The van der Waals surface area contributed by atoms with Crippen LogP contribution in [0.1, 0.15) is 17.0 Å². The number of carbonyl (C=O) groups excluding carboxylic acids is 1. The van der Waals surface area contributed by atoms with E-state index in [2.05, 4.69) is 44.3 Å². The molecule has 0 aliphatic carbocycles. The summed E-state index contributed by atoms with van der Waals surface area (Å²) in [6.07, 6.45) is 1.82. The van der Waals surface area contributed by atoms with Crippen LogP contribution in [0.4, 0.5) is 11.5 Å². The number of amides is 1. The molecule has 1 saturated heterocycles. The lowest BCUT2D eigenvalue weighted by Gasteiger charge is -2.34. The molecule has 0 atom stereocenters. The molecule has 7 heteroatoms. The van der Waals surface area contributed by atoms with Crippen LogP contribution in [-0.4, -0.2) is 58.3 Å². The molecule has 1 aliphatic rings. The van der Waals surface area contributed by atoms with Gasteiger partial charge in [0, 0.05) is 32.4 Å². The zero-order valence-electron chi connectivity index (χ0n) is 17.8. The third-order valence-electron chi connectivity index (χ3n) is 5.55. The van der Waals surface area contributed by atoms with Gasteiger partial charge in [-0.3, -0.25) is 9.69 Å². The minimum absolute atomic E-state index is 0.00376. The van der Waals surface area contributed by atoms with Gasteiger partial charge in [-0.15, -0.1) is 0 Å². The van der Waals surface area contributed by atoms with Gasteiger partial charge in [0.25, 0.3) is 0 Å². The predicted octanol–water partition coefficient (Wildman–Crippen LogP) is 2.95. The normalized spacial score (nSPS) is 14.7. The summed E-state index contributed by atoms with van der Waals surface area (Å²) in [5, 5.41) is 7.71. The number of anilines is 2. The number of rotatable bonds is 5. The highest BCUT2D eigenvalue weighted by Crippen LogP contribution is 2.23. The van der Waals surface area contributed by atoms with Crippen molar-refractivity contribution in [3.05, 3.63) is 65.6 Å². The van der Waals surface area contributed by atoms with Gasteiger partial charge in [0.15, 0.2) is 0 Å². The van der Waals surface area contributed by atoms with Crippen molar-refractivity contribution in [2.45, 2.75) is 20.8 Å². The number of aryl methyl sites for hydroxylation is 2. The Labute approximate surface area is 177 Å². The maximum absolute atomic E-state index is 12.7. The van der Waals surface area contributed by atoms with E-state index >= 15 is 0 Å². The third kappa shape index (κ3) is 4.36. The summed E-state index contributed by atoms with van der Waals surface area (Å²) < 4.78 is 1.88. The fourth-order valence-corrected chi connectivity index (χ4v) is 3.82. The Hall–Kier alpha value is -3.19. The Morgan fingerprint density at radius 2 is 1.73 bits per heavy atom. The maximum atomic E-state index is 12.7. The van der Waals surface area contributed by atoms with Crippen molar-refractivity contribution in [2.75, 3.05) is 42.9 Å². The van der Waals surface area contributed by atoms with Gasteiger partial charge in [-0.2, -0.15) is 5.10 Å². The molecule has 7 nitrogen and oxygen atoms in total. The lowest BCUT2D eigenvalue weighted by molar-refractivity contribution is -0.117. The van der Waals surface area contributed by atoms with Crippen LogP contribution in [0.25, 0.3) is 5.69 Å². The molecule has 4 rings (SSSR count). The molecular weight excluding hydrogens is 376 g/mol. The molecule has 30 heavy (non-hydrogen) atoms. The van der Waals surface area contributed by atoms with E-state index in [-0.39, 0.29) is 5.91 Å². The number of piperazine rings is 1. The highest BCUT2D eigenvalue weighted by molar-refractivity contribution is 5.93. The van der Waals surface area contributed by atoms with Gasteiger partial charge in [-0.1, -0.05) is 23.8 Å². The molecule has 0 bridgehead atoms. The zero-order valence-corrected chi connectivity index (χ0v) is 17.8. The molecule has 0 spiro atoms. The number of aromatic nitrogens is 3. The van der Waals surface area contributed by atoms with Crippen LogP contribution < -0.4 is 10.2 Å². The lowest BCUT2D eigenvalue weighted by Crippen LogP contribution is -2.48. The van der Waals surface area contributed by atoms with Crippen molar-refractivity contribution in [3.8, 4) is 5.69 Å². The Morgan fingerprint density at radius 1 is 1.00 bits per heavy atom. The van der Waals surface area contributed by atoms with E-state index < -0.39 is 0 Å². The number of hydrogen-bond donors (Lipinski definition) is 1. The van der Waals surface area contributed by atoms with E-state index in [1.807, 2.05) is 55.1 Å². The smallest absolute Gasteiger partial charge is 0.238 e. The molecule has 2 aromatic heterocycles. The molecule has 1 aliphatic heterocycles. The van der Waals surface area contributed by atoms with Crippen LogP contribution in [0.5, 0.6) is 0 Å². The second-order valence-corrected chi connectivity index (χ2v) is 7.79. The van der Waals surface area contributed by atoms with E-state index in [0.717, 1.165) is 54.8 Å². The van der Waals surface area contributed by atoms with Crippen LogP contribution in [0.3, 0.4) is 0 Å². The first-order valence-corrected chi connectivity index (χ1v) is 10.3. The Morgan fingerprint density at radius 3 is 2.40 bits per heavy atom. The van der Waals surface area contributed by atoms with Gasteiger partial charge in [-0.05, 0) is 45.0 Å². The first-order valence-electron chi connectivity index (χ1n) is 10.3. The number of hydrogen-bond acceptors (Lipinski definition) is 5. The quantitative estimate of drug-likeness (QED) is 0.708. The zero-order chi connectivity index (χ0) is 21.1. The van der Waals surface area contributed by atoms with E-state index in [9.17, 15) is 4.79 Å². The molecule has 0 unspecified atom stereocenters. The van der Waals surface area contributed by atoms with Crippen molar-refractivity contribution in [3.63, 3.8) is 0 Å². The summed E-state index contributed by atoms with van der Waals surface area (Å²) in [6.45, 7) is 9.77. The maximum Gasteiger partial charge on any atom is 0.238 e. The average molecular weight is 405 g/mol. The standard InChI is InChI=1S/C23H28N6O/c1-17-7-9-20(10-8-17)29-19(3)23(18(2)26-29)25-22(30)16-27-12-14-28(15-13-27)21-6-4-5-11-24-21/h4-11H,12-16H2,1-3H3,(H,25,30). The summed E-state index contributed by atoms with van der Waals surface area (Å²) in [4.78, 5) is 21.6. The van der Waals surface area contributed by atoms with Gasteiger partial charge >= 0.3 is 0 Å². The van der Waals surface area contributed by atoms with Crippen LogP contribution >= 0.6 is 0 Å². The molecule has 3 aromatic rings. The minimum atomic E-state index is -0.00376. The number of nitrogens with one attached hydrogen (secondary N) is 1. The predicted molar refractivity (Wildman–Crippen MR) is 119 cm³/mol. The van der Waals surface area contributed by atoms with E-state index in [0.29, 0.717) is 6.54 Å². The summed E-state index contributed by atoms with van der Waals surface area (Å²) in [5.74, 6) is 0.993. The first kappa shape index (κ1) is 20.1. The molecule has 1 aromatic carbocycles. The fraction of sp³-hybridized carbons (Fsp3) is 0.348. The van der Waals surface area contributed by atoms with E-state index in [1.54, 1.807) is 0 Å². The molecule has 1 fully saturated rings. The summed E-state index contributed by atoms with van der Waals surface area (Å²) in [7, 11) is 0. The van der Waals surface area contributed by atoms with Gasteiger partial charge in [0.05, 0.1) is 29.3 Å². The molecule has 0 saturated carbocycles. The Kier molecular flexibility index (Phi) is 5.81. The second kappa shape index (κ2) is 8.67. The SMILES string of the molecule is Cc1ccc(-n2nc(C)c(NC(=O)CN3CCN(c4ccccn4)CC3)c2C)cc1. The number of nitrogens with zero attached hydrogens (tertiary/aromatic N) is 5. The van der Waals surface area contributed by atoms with Crippen LogP contribution in [-0.2, 0) is 4.79 Å². The second-order valence-electron chi connectivity index (χ2n) is 7.79. The molecule has 1 N–H and O–H groups in total. The van der Waals surface area contributed by atoms with Crippen molar-refractivity contribution in [2.24, 2.45) is 0 Å². The van der Waals surface area contributed by atoms with Crippen LogP contribution in [0, 0.1) is 20.8 Å². The Bertz CT molecular complexity index is 1000. The molecule has 156 valence electrons. The molecular formula is C23H28N6O. The van der Waals surface area contributed by atoms with Crippen molar-refractivity contribution >= 4 is 17.4 Å². The monoisotopic (exact) mass is 404 g/mol. The molecule has 0 radical (unpaired) electrons. The first-order chi connectivity index (χ1) is 14.5. The van der Waals surface area contributed by atoms with Gasteiger partial charge in [-0.25, -0.2) is 9.67 Å². The largest absolute Gasteiger partial charge is 0.354 e. The summed E-state index contributed by atoms with van der Waals surface area (Å²) in [5.41, 5.74) is 4.75. The lowest BCUT2D eigenvalue weighted by atomic mass is 10.2. The van der Waals surface area contributed by atoms with Crippen molar-refractivity contribution in [1.29, 1.82) is 0 Å². The molecule has 3 heterocycles. The van der Waals surface area contributed by atoms with E-state index in [4.69, 9.17) is 0 Å². The van der Waals surface area contributed by atoms with Gasteiger partial charge < -0.3 is 10.2 Å². The van der Waals surface area contributed by atoms with Crippen LogP contribution in [0.2, 0.25) is 0 Å². The van der Waals surface area contributed by atoms with Crippen molar-refractivity contribution < 1.29 is 4.79 Å². The Balaban J connectivity index is 1.36. The highest BCUT2D eigenvalue weighted by atomic mass is 16.2. The number of pyridine rings is 1. The minimum Gasteiger partial charge on any atom is -0.354 e. The fourth-order valence-electron chi connectivity index (χ4n) is 3.82. The molecule has 1 amide bonds. The van der Waals surface area contributed by atoms with E-state index in [1.165, 1.54) is 5.56 Å². The average Bonchev–Trinajstić information content (AvgIpc) is 3.04. The number of carbonyl (C=O) groups is 1. The van der Waals surface area contributed by atoms with Crippen LogP contribution in [0.15, 0.2) is 48.7 Å². The highest BCUT2D eigenvalue weighted by Gasteiger charge is 2.21.